The normalized spacial score (nSPS) is 9.09. The van der Waals surface area contributed by atoms with E-state index >= 15 is 0 Å². The molecule has 5 heteroatoms. The number of aromatic carboxylic acids is 2. The Morgan fingerprint density at radius 2 is 0.914 bits per heavy atom. The number of hydrogen-bond donors (Lipinski definition) is 0. The van der Waals surface area contributed by atoms with Crippen LogP contribution in [0, 0.1) is 13.8 Å². The fourth-order valence-electron chi connectivity index (χ4n) is 2.61. The summed E-state index contributed by atoms with van der Waals surface area (Å²) in [7, 11) is 0. The van der Waals surface area contributed by atoms with Crippen molar-refractivity contribution in [2.75, 3.05) is 0 Å². The van der Waals surface area contributed by atoms with E-state index < -0.39 is 11.9 Å². The van der Waals surface area contributed by atoms with E-state index in [1.54, 1.807) is 24.3 Å². The Labute approximate surface area is 231 Å². The topological polar surface area (TPSA) is 80.3 Å². The van der Waals surface area contributed by atoms with Gasteiger partial charge in [0, 0.05) is 11.1 Å². The van der Waals surface area contributed by atoms with E-state index in [9.17, 15) is 19.8 Å². The van der Waals surface area contributed by atoms with Crippen LogP contribution in [0.15, 0.2) is 48.5 Å². The average Bonchev–Trinajstić information content (AvgIpc) is 2.87. The molecule has 0 spiro atoms. The van der Waals surface area contributed by atoms with Crippen molar-refractivity contribution in [2.45, 2.75) is 91.9 Å². The summed E-state index contributed by atoms with van der Waals surface area (Å²) in [4.78, 5) is 21.3. The Kier molecular flexibility index (Phi) is 28.9. The summed E-state index contributed by atoms with van der Waals surface area (Å²) >= 11 is 0. The fraction of sp³-hybridized carbons (Fsp3) is 0.467. The molecule has 0 aliphatic heterocycles. The van der Waals surface area contributed by atoms with E-state index in [1.165, 1.54) is 12.8 Å². The van der Waals surface area contributed by atoms with E-state index in [2.05, 4.69) is 41.5 Å². The predicted molar refractivity (Wildman–Crippen MR) is 145 cm³/mol. The number of carboxylic acid groups (broad SMARTS) is 2. The van der Waals surface area contributed by atoms with Crippen LogP contribution < -0.4 is 10.2 Å². The van der Waals surface area contributed by atoms with Crippen molar-refractivity contribution in [3.63, 3.8) is 0 Å². The molecule has 0 atom stereocenters. The zero-order chi connectivity index (χ0) is 26.2. The monoisotopic (exact) mass is 588 g/mol. The zero-order valence-electron chi connectivity index (χ0n) is 22.2. The minimum atomic E-state index is -1.08. The first kappa shape index (κ1) is 37.7. The second-order valence-electron chi connectivity index (χ2n) is 7.80. The van der Waals surface area contributed by atoms with Crippen LogP contribution in [0.4, 0.5) is 0 Å². The van der Waals surface area contributed by atoms with Crippen molar-refractivity contribution >= 4 is 35.8 Å². The van der Waals surface area contributed by atoms with Gasteiger partial charge in [-0.15, -0.1) is 0 Å². The summed E-state index contributed by atoms with van der Waals surface area (Å²) in [6.07, 6.45) is 10.4. The standard InChI is InChI=1S/2C11H14O2.2C4H9.Sn/c2*1-2-3-6-9-7-4-5-8-10(9)11(12)13;2*1-3-4-2;/h2*4-5,7-8H,2-3,6H2,1H3,(H,12,13);2*1,3-4H2,2H3;/q;;;;+2/p-2. The smallest absolute Gasteiger partial charge is 0.545 e. The number of carbonyl (C=O) groups excluding carboxylic acids is 2. The molecule has 35 heavy (non-hydrogen) atoms. The summed E-state index contributed by atoms with van der Waals surface area (Å²) in [6.45, 7) is 15.6. The summed E-state index contributed by atoms with van der Waals surface area (Å²) in [5.41, 5.74) is 2.42. The third-order valence-corrected chi connectivity index (χ3v) is 4.78. The number of carboxylic acids is 2. The molecule has 0 saturated heterocycles. The minimum Gasteiger partial charge on any atom is -0.545 e. The van der Waals surface area contributed by atoms with Gasteiger partial charge in [-0.05, 0) is 36.8 Å². The van der Waals surface area contributed by atoms with Crippen molar-refractivity contribution in [3.8, 4) is 0 Å². The fourth-order valence-corrected chi connectivity index (χ4v) is 2.61. The molecule has 0 saturated carbocycles. The maximum atomic E-state index is 10.7. The van der Waals surface area contributed by atoms with E-state index in [1.807, 2.05) is 24.3 Å². The Morgan fingerprint density at radius 1 is 0.629 bits per heavy atom. The van der Waals surface area contributed by atoms with Gasteiger partial charge < -0.3 is 19.8 Å². The SMILES string of the molecule is CCCCc1ccccc1C(=O)[O-].CCCCc1ccccc1C(=O)[O-].[CH2]CCC.[CH2]CCC.[Sn+2]. The molecule has 0 N–H and O–H groups in total. The average molecular weight is 587 g/mol. The van der Waals surface area contributed by atoms with Crippen molar-refractivity contribution in [2.24, 2.45) is 0 Å². The van der Waals surface area contributed by atoms with Crippen molar-refractivity contribution in [1.82, 2.24) is 0 Å². The molecule has 192 valence electrons. The number of carbonyl (C=O) groups is 2. The van der Waals surface area contributed by atoms with Crippen molar-refractivity contribution in [1.29, 1.82) is 0 Å². The quantitative estimate of drug-likeness (QED) is 0.337. The van der Waals surface area contributed by atoms with Gasteiger partial charge in [-0.25, -0.2) is 0 Å². The van der Waals surface area contributed by atoms with Gasteiger partial charge in [0.25, 0.3) is 0 Å². The first-order valence-electron chi connectivity index (χ1n) is 12.5. The first-order chi connectivity index (χ1) is 16.3. The van der Waals surface area contributed by atoms with Crippen molar-refractivity contribution in [3.05, 3.63) is 84.6 Å². The van der Waals surface area contributed by atoms with Crippen LogP contribution in [0.3, 0.4) is 0 Å². The zero-order valence-corrected chi connectivity index (χ0v) is 25.1. The molecule has 2 rings (SSSR count). The molecule has 0 unspecified atom stereocenters. The second-order valence-corrected chi connectivity index (χ2v) is 7.80. The van der Waals surface area contributed by atoms with Gasteiger partial charge in [-0.3, -0.25) is 0 Å². The molecule has 0 aliphatic rings. The van der Waals surface area contributed by atoms with Crippen molar-refractivity contribution < 1.29 is 19.8 Å². The molecule has 4 nitrogen and oxygen atoms in total. The Morgan fingerprint density at radius 3 is 1.14 bits per heavy atom. The van der Waals surface area contributed by atoms with Crippen LogP contribution in [-0.2, 0) is 12.8 Å². The maximum absolute atomic E-state index is 10.7. The van der Waals surface area contributed by atoms with Crippen LogP contribution in [-0.4, -0.2) is 35.8 Å². The Balaban J connectivity index is -0.000000440. The minimum absolute atomic E-state index is 0. The maximum Gasteiger partial charge on any atom is 2.00 e. The van der Waals surface area contributed by atoms with Gasteiger partial charge in [0.1, 0.15) is 0 Å². The van der Waals surface area contributed by atoms with Gasteiger partial charge in [-0.1, -0.05) is 129 Å². The second kappa shape index (κ2) is 26.8. The summed E-state index contributed by atoms with van der Waals surface area (Å²) < 4.78 is 0. The van der Waals surface area contributed by atoms with Gasteiger partial charge in [0.15, 0.2) is 0 Å². The van der Waals surface area contributed by atoms with E-state index in [0.29, 0.717) is 11.1 Å². The number of aryl methyl sites for hydroxylation is 2. The molecular formula is C30H44O4Sn. The molecule has 2 aromatic carbocycles. The van der Waals surface area contributed by atoms with Gasteiger partial charge >= 0.3 is 23.9 Å². The largest absolute Gasteiger partial charge is 2.00 e. The molecule has 0 fully saturated rings. The van der Waals surface area contributed by atoms with E-state index in [-0.39, 0.29) is 23.9 Å². The van der Waals surface area contributed by atoms with Gasteiger partial charge in [0.05, 0.1) is 11.9 Å². The summed E-state index contributed by atoms with van der Waals surface area (Å²) in [5.74, 6) is -2.15. The number of rotatable bonds is 10. The summed E-state index contributed by atoms with van der Waals surface area (Å²) in [5, 5.41) is 21.3. The van der Waals surface area contributed by atoms with E-state index in [0.717, 1.165) is 62.5 Å². The molecule has 4 radical (unpaired) electrons. The van der Waals surface area contributed by atoms with Crippen LogP contribution in [0.1, 0.15) is 111 Å². The predicted octanol–water partition coefficient (Wildman–Crippen LogP) is 5.65. The van der Waals surface area contributed by atoms with Crippen LogP contribution in [0.2, 0.25) is 0 Å². The number of unbranched alkanes of at least 4 members (excludes halogenated alkanes) is 4. The summed E-state index contributed by atoms with van der Waals surface area (Å²) in [6, 6.07) is 14.1. The van der Waals surface area contributed by atoms with Crippen LogP contribution in [0.25, 0.3) is 0 Å². The molecular weight excluding hydrogens is 543 g/mol. The molecule has 0 heterocycles. The molecule has 2 aromatic rings. The molecule has 0 bridgehead atoms. The molecule has 0 aliphatic carbocycles. The number of hydrogen-bond acceptors (Lipinski definition) is 4. The van der Waals surface area contributed by atoms with Crippen LogP contribution >= 0.6 is 0 Å². The number of benzene rings is 2. The molecule has 0 amide bonds. The van der Waals surface area contributed by atoms with Crippen LogP contribution in [0.5, 0.6) is 0 Å². The third-order valence-electron chi connectivity index (χ3n) is 4.78. The van der Waals surface area contributed by atoms with E-state index in [4.69, 9.17) is 0 Å². The first-order valence-corrected chi connectivity index (χ1v) is 12.5. The Hall–Kier alpha value is -1.82. The third kappa shape index (κ3) is 20.1. The molecule has 0 aromatic heterocycles. The van der Waals surface area contributed by atoms with Gasteiger partial charge in [0.2, 0.25) is 0 Å². The Bertz CT molecular complexity index is 705. The van der Waals surface area contributed by atoms with Gasteiger partial charge in [-0.2, -0.15) is 0 Å².